The van der Waals surface area contributed by atoms with Crippen LogP contribution in [0.5, 0.6) is 0 Å². The van der Waals surface area contributed by atoms with Crippen molar-refractivity contribution in [3.8, 4) is 0 Å². The van der Waals surface area contributed by atoms with Crippen molar-refractivity contribution in [2.75, 3.05) is 20.1 Å². The largest absolute Gasteiger partial charge is 0.337 e. The first kappa shape index (κ1) is 11.1. The van der Waals surface area contributed by atoms with E-state index in [1.807, 2.05) is 11.9 Å². The molecule has 1 aliphatic rings. The summed E-state index contributed by atoms with van der Waals surface area (Å²) in [6.07, 6.45) is 2.62. The number of piperidine rings is 1. The highest BCUT2D eigenvalue weighted by Gasteiger charge is 2.28. The third-order valence-electron chi connectivity index (χ3n) is 3.29. The minimum Gasteiger partial charge on any atom is -0.337 e. The lowest BCUT2D eigenvalue weighted by atomic mass is 9.94. The zero-order chi connectivity index (χ0) is 11.5. The van der Waals surface area contributed by atoms with Crippen molar-refractivity contribution in [1.82, 2.24) is 20.4 Å². The van der Waals surface area contributed by atoms with Gasteiger partial charge in [-0.3, -0.25) is 9.89 Å². The van der Waals surface area contributed by atoms with E-state index < -0.39 is 0 Å². The highest BCUT2D eigenvalue weighted by atomic mass is 16.2. The highest BCUT2D eigenvalue weighted by molar-refractivity contribution is 5.92. The molecule has 2 atom stereocenters. The molecule has 2 unspecified atom stereocenters. The second-order valence-electron chi connectivity index (χ2n) is 4.38. The number of aromatic nitrogens is 2. The minimum absolute atomic E-state index is 0.0545. The molecule has 2 rings (SSSR count). The molecule has 16 heavy (non-hydrogen) atoms. The van der Waals surface area contributed by atoms with Gasteiger partial charge in [-0.05, 0) is 25.5 Å². The second-order valence-corrected chi connectivity index (χ2v) is 4.38. The predicted molar refractivity (Wildman–Crippen MR) is 61.1 cm³/mol. The summed E-state index contributed by atoms with van der Waals surface area (Å²) in [6.45, 7) is 3.80. The van der Waals surface area contributed by atoms with Gasteiger partial charge in [0.05, 0.1) is 0 Å². The minimum atomic E-state index is 0.0545. The zero-order valence-corrected chi connectivity index (χ0v) is 9.73. The number of H-pyrrole nitrogens is 1. The van der Waals surface area contributed by atoms with Gasteiger partial charge >= 0.3 is 0 Å². The Balaban J connectivity index is 2.00. The van der Waals surface area contributed by atoms with Crippen LogP contribution in [0, 0.1) is 5.92 Å². The van der Waals surface area contributed by atoms with Gasteiger partial charge in [0.15, 0.2) is 0 Å². The molecule has 2 heterocycles. The van der Waals surface area contributed by atoms with Gasteiger partial charge in [0, 0.05) is 25.3 Å². The molecule has 5 nitrogen and oxygen atoms in total. The number of rotatable bonds is 2. The van der Waals surface area contributed by atoms with Gasteiger partial charge in [-0.25, -0.2) is 0 Å². The Kier molecular flexibility index (Phi) is 3.24. The van der Waals surface area contributed by atoms with E-state index in [9.17, 15) is 4.79 Å². The summed E-state index contributed by atoms with van der Waals surface area (Å²) in [7, 11) is 1.98. The van der Waals surface area contributed by atoms with E-state index >= 15 is 0 Å². The summed E-state index contributed by atoms with van der Waals surface area (Å²) >= 11 is 0. The number of nitrogens with one attached hydrogen (secondary N) is 2. The third kappa shape index (κ3) is 2.09. The maximum atomic E-state index is 12.0. The van der Waals surface area contributed by atoms with Crippen molar-refractivity contribution in [2.24, 2.45) is 5.92 Å². The average Bonchev–Trinajstić information content (AvgIpc) is 2.81. The van der Waals surface area contributed by atoms with Crippen molar-refractivity contribution < 1.29 is 4.79 Å². The monoisotopic (exact) mass is 222 g/mol. The average molecular weight is 222 g/mol. The van der Waals surface area contributed by atoms with Crippen LogP contribution in [0.25, 0.3) is 0 Å². The summed E-state index contributed by atoms with van der Waals surface area (Å²) in [5.74, 6) is 0.546. The van der Waals surface area contributed by atoms with Crippen molar-refractivity contribution >= 4 is 5.91 Å². The van der Waals surface area contributed by atoms with E-state index in [-0.39, 0.29) is 5.91 Å². The van der Waals surface area contributed by atoms with Crippen molar-refractivity contribution in [3.63, 3.8) is 0 Å². The van der Waals surface area contributed by atoms with Crippen molar-refractivity contribution in [3.05, 3.63) is 18.0 Å². The molecule has 5 heteroatoms. The van der Waals surface area contributed by atoms with Gasteiger partial charge in [-0.2, -0.15) is 5.10 Å². The molecule has 1 saturated heterocycles. The molecular formula is C11H18N4O. The summed E-state index contributed by atoms with van der Waals surface area (Å²) in [6, 6.07) is 2.24. The quantitative estimate of drug-likeness (QED) is 0.765. The fourth-order valence-electron chi connectivity index (χ4n) is 2.30. The van der Waals surface area contributed by atoms with Crippen molar-refractivity contribution in [2.45, 2.75) is 19.4 Å². The normalized spacial score (nSPS) is 25.8. The highest BCUT2D eigenvalue weighted by Crippen LogP contribution is 2.17. The lowest BCUT2D eigenvalue weighted by Crippen LogP contribution is -2.49. The van der Waals surface area contributed by atoms with Crippen molar-refractivity contribution in [1.29, 1.82) is 0 Å². The molecule has 0 bridgehead atoms. The van der Waals surface area contributed by atoms with E-state index in [1.165, 1.54) is 0 Å². The first-order valence-corrected chi connectivity index (χ1v) is 5.68. The van der Waals surface area contributed by atoms with Gasteiger partial charge in [-0.15, -0.1) is 0 Å². The number of nitrogens with zero attached hydrogens (tertiary/aromatic N) is 2. The maximum absolute atomic E-state index is 12.0. The topological polar surface area (TPSA) is 61.0 Å². The summed E-state index contributed by atoms with van der Waals surface area (Å²) < 4.78 is 0. The van der Waals surface area contributed by atoms with Crippen LogP contribution < -0.4 is 5.32 Å². The van der Waals surface area contributed by atoms with Gasteiger partial charge in [0.2, 0.25) is 0 Å². The molecule has 1 fully saturated rings. The number of hydrogen-bond acceptors (Lipinski definition) is 3. The SMILES string of the molecule is CNC1CCN(C(=O)c2ccn[nH]2)CC1C. The Hall–Kier alpha value is -1.36. The molecule has 2 N–H and O–H groups in total. The molecule has 0 spiro atoms. The first-order chi connectivity index (χ1) is 7.72. The molecule has 0 aromatic carbocycles. The second kappa shape index (κ2) is 4.65. The number of likely N-dealkylation sites (tertiary alicyclic amines) is 1. The van der Waals surface area contributed by atoms with Gasteiger partial charge in [0.25, 0.3) is 5.91 Å². The van der Waals surface area contributed by atoms with Gasteiger partial charge in [-0.1, -0.05) is 6.92 Å². The molecule has 1 amide bonds. The Morgan fingerprint density at radius 1 is 1.69 bits per heavy atom. The summed E-state index contributed by atoms with van der Waals surface area (Å²) in [5, 5.41) is 9.81. The standard InChI is InChI=1S/C11H18N4O/c1-8-7-15(6-4-9(8)12-2)11(16)10-3-5-13-14-10/h3,5,8-9,12H,4,6-7H2,1-2H3,(H,13,14). The molecular weight excluding hydrogens is 204 g/mol. The molecule has 1 aromatic rings. The van der Waals surface area contributed by atoms with Crippen LogP contribution in [0.15, 0.2) is 12.3 Å². The summed E-state index contributed by atoms with van der Waals surface area (Å²) in [5.41, 5.74) is 0.579. The lowest BCUT2D eigenvalue weighted by Gasteiger charge is -2.36. The fraction of sp³-hybridized carbons (Fsp3) is 0.636. The van der Waals surface area contributed by atoms with Gasteiger partial charge < -0.3 is 10.2 Å². The molecule has 0 radical (unpaired) electrons. The number of carbonyl (C=O) groups excluding carboxylic acids is 1. The van der Waals surface area contributed by atoms with E-state index in [4.69, 9.17) is 0 Å². The third-order valence-corrected chi connectivity index (χ3v) is 3.29. The van der Waals surface area contributed by atoms with Crippen LogP contribution in [0.4, 0.5) is 0 Å². The molecule has 0 aliphatic carbocycles. The smallest absolute Gasteiger partial charge is 0.271 e. The summed E-state index contributed by atoms with van der Waals surface area (Å²) in [4.78, 5) is 13.9. The molecule has 1 aromatic heterocycles. The predicted octanol–water partition coefficient (Wildman–Crippen LogP) is 0.480. The molecule has 1 aliphatic heterocycles. The first-order valence-electron chi connectivity index (χ1n) is 5.68. The van der Waals surface area contributed by atoms with Gasteiger partial charge in [0.1, 0.15) is 5.69 Å². The van der Waals surface area contributed by atoms with Crippen LogP contribution >= 0.6 is 0 Å². The van der Waals surface area contributed by atoms with E-state index in [1.54, 1.807) is 12.3 Å². The molecule has 88 valence electrons. The number of amides is 1. The zero-order valence-electron chi connectivity index (χ0n) is 9.73. The van der Waals surface area contributed by atoms with E-state index in [0.717, 1.165) is 19.5 Å². The molecule has 0 saturated carbocycles. The Morgan fingerprint density at radius 3 is 3.06 bits per heavy atom. The van der Waals surface area contributed by atoms with E-state index in [0.29, 0.717) is 17.7 Å². The Bertz CT molecular complexity index is 349. The van der Waals surface area contributed by atoms with Crippen LogP contribution in [-0.4, -0.2) is 47.2 Å². The maximum Gasteiger partial charge on any atom is 0.271 e. The fourth-order valence-corrected chi connectivity index (χ4v) is 2.30. The number of hydrogen-bond donors (Lipinski definition) is 2. The van der Waals surface area contributed by atoms with Crippen LogP contribution in [0.2, 0.25) is 0 Å². The lowest BCUT2D eigenvalue weighted by molar-refractivity contribution is 0.0643. The number of carbonyl (C=O) groups is 1. The van der Waals surface area contributed by atoms with Crippen LogP contribution in [0.3, 0.4) is 0 Å². The Morgan fingerprint density at radius 2 is 2.50 bits per heavy atom. The van der Waals surface area contributed by atoms with Crippen LogP contribution in [0.1, 0.15) is 23.8 Å². The van der Waals surface area contributed by atoms with E-state index in [2.05, 4.69) is 22.4 Å². The number of aromatic amines is 1. The Labute approximate surface area is 95.2 Å². The van der Waals surface area contributed by atoms with Crippen LogP contribution in [-0.2, 0) is 0 Å².